The normalized spacial score (nSPS) is 25.0. The van der Waals surface area contributed by atoms with E-state index in [0.717, 1.165) is 22.3 Å². The van der Waals surface area contributed by atoms with Gasteiger partial charge in [0, 0.05) is 12.2 Å². The van der Waals surface area contributed by atoms with E-state index in [9.17, 15) is 0 Å². The number of thiocarbonyl (C=S) groups is 1. The summed E-state index contributed by atoms with van der Waals surface area (Å²) in [5.41, 5.74) is 1.01. The average molecular weight is 341 g/mol. The zero-order valence-electron chi connectivity index (χ0n) is 13.9. The molecule has 126 valence electrons. The van der Waals surface area contributed by atoms with E-state index in [4.69, 9.17) is 16.6 Å². The monoisotopic (exact) mass is 341 g/mol. The van der Waals surface area contributed by atoms with Crippen LogP contribution in [-0.4, -0.2) is 21.0 Å². The standard InChI is InChI=1S/C19H23N3OS/c1-13-10-11-16(23-13)18-17(15-9-5-6-12-20-15)21-19(24)22(18)14-7-3-2-4-8-14/h5-6,9-12,14,17-18H,2-4,7-8H2,1H3,(H,21,24)/t17-,18+/m0/s1. The molecule has 1 N–H and O–H groups in total. The van der Waals surface area contributed by atoms with Crippen molar-refractivity contribution >= 4 is 17.3 Å². The van der Waals surface area contributed by atoms with E-state index in [0.29, 0.717) is 6.04 Å². The molecule has 4 rings (SSSR count). The molecule has 0 bridgehead atoms. The van der Waals surface area contributed by atoms with Crippen molar-refractivity contribution in [1.29, 1.82) is 0 Å². The molecule has 0 unspecified atom stereocenters. The maximum atomic E-state index is 6.02. The van der Waals surface area contributed by atoms with Gasteiger partial charge >= 0.3 is 0 Å². The van der Waals surface area contributed by atoms with Crippen molar-refractivity contribution in [2.24, 2.45) is 0 Å². The molecule has 1 aliphatic carbocycles. The molecule has 2 fully saturated rings. The zero-order chi connectivity index (χ0) is 16.5. The summed E-state index contributed by atoms with van der Waals surface area (Å²) in [6.07, 6.45) is 8.14. The van der Waals surface area contributed by atoms with Gasteiger partial charge in [-0.2, -0.15) is 0 Å². The van der Waals surface area contributed by atoms with Crippen molar-refractivity contribution in [1.82, 2.24) is 15.2 Å². The summed E-state index contributed by atoms with van der Waals surface area (Å²) >= 11 is 5.73. The second-order valence-electron chi connectivity index (χ2n) is 6.77. The van der Waals surface area contributed by atoms with E-state index < -0.39 is 0 Å². The maximum absolute atomic E-state index is 6.02. The highest BCUT2D eigenvalue weighted by atomic mass is 32.1. The van der Waals surface area contributed by atoms with Crippen LogP contribution in [0.3, 0.4) is 0 Å². The number of pyridine rings is 1. The van der Waals surface area contributed by atoms with Crippen LogP contribution < -0.4 is 5.32 Å². The third-order valence-corrected chi connectivity index (χ3v) is 5.48. The fourth-order valence-corrected chi connectivity index (χ4v) is 4.42. The van der Waals surface area contributed by atoms with Crippen LogP contribution in [0.25, 0.3) is 0 Å². The van der Waals surface area contributed by atoms with Crippen LogP contribution in [0.2, 0.25) is 0 Å². The molecule has 2 aromatic heterocycles. The molecule has 0 spiro atoms. The Morgan fingerprint density at radius 2 is 2.00 bits per heavy atom. The fourth-order valence-electron chi connectivity index (χ4n) is 4.03. The van der Waals surface area contributed by atoms with Crippen LogP contribution in [0.15, 0.2) is 40.9 Å². The molecule has 1 saturated heterocycles. The van der Waals surface area contributed by atoms with Crippen molar-refractivity contribution < 1.29 is 4.42 Å². The molecule has 0 radical (unpaired) electrons. The Balaban J connectivity index is 1.73. The number of aryl methyl sites for hydroxylation is 1. The number of rotatable bonds is 3. The van der Waals surface area contributed by atoms with Crippen molar-refractivity contribution in [3.8, 4) is 0 Å². The molecule has 5 heteroatoms. The number of nitrogens with one attached hydrogen (secondary N) is 1. The van der Waals surface area contributed by atoms with Gasteiger partial charge in [-0.05, 0) is 56.2 Å². The van der Waals surface area contributed by atoms with Gasteiger partial charge in [-0.1, -0.05) is 25.3 Å². The van der Waals surface area contributed by atoms with Gasteiger partial charge in [0.25, 0.3) is 0 Å². The first kappa shape index (κ1) is 15.6. The van der Waals surface area contributed by atoms with Gasteiger partial charge in [0.15, 0.2) is 5.11 Å². The van der Waals surface area contributed by atoms with Gasteiger partial charge in [-0.15, -0.1) is 0 Å². The number of nitrogens with zero attached hydrogens (tertiary/aromatic N) is 2. The molecular weight excluding hydrogens is 318 g/mol. The van der Waals surface area contributed by atoms with Gasteiger partial charge < -0.3 is 14.6 Å². The van der Waals surface area contributed by atoms with Crippen LogP contribution >= 0.6 is 12.2 Å². The van der Waals surface area contributed by atoms with E-state index in [1.807, 2.05) is 31.3 Å². The number of furan rings is 1. The van der Waals surface area contributed by atoms with Crippen molar-refractivity contribution in [3.63, 3.8) is 0 Å². The Bertz CT molecular complexity index is 708. The maximum Gasteiger partial charge on any atom is 0.170 e. The van der Waals surface area contributed by atoms with Gasteiger partial charge in [-0.25, -0.2) is 0 Å². The summed E-state index contributed by atoms with van der Waals surface area (Å²) in [5, 5.41) is 4.34. The second kappa shape index (κ2) is 6.55. The third kappa shape index (κ3) is 2.81. The quantitative estimate of drug-likeness (QED) is 0.844. The van der Waals surface area contributed by atoms with Crippen LogP contribution in [0, 0.1) is 6.92 Å². The van der Waals surface area contributed by atoms with E-state index in [-0.39, 0.29) is 12.1 Å². The zero-order valence-corrected chi connectivity index (χ0v) is 14.8. The first-order chi connectivity index (χ1) is 11.7. The van der Waals surface area contributed by atoms with Gasteiger partial charge in [-0.3, -0.25) is 4.98 Å². The highest BCUT2D eigenvalue weighted by Gasteiger charge is 2.44. The molecule has 0 aromatic carbocycles. The first-order valence-corrected chi connectivity index (χ1v) is 9.21. The summed E-state index contributed by atoms with van der Waals surface area (Å²) in [6, 6.07) is 10.8. The Labute approximate surface area is 148 Å². The second-order valence-corrected chi connectivity index (χ2v) is 7.16. The number of hydrogen-bond acceptors (Lipinski definition) is 3. The lowest BCUT2D eigenvalue weighted by Crippen LogP contribution is -2.40. The lowest BCUT2D eigenvalue weighted by atomic mass is 9.92. The van der Waals surface area contributed by atoms with Gasteiger partial charge in [0.05, 0.1) is 11.7 Å². The molecule has 0 amide bonds. The molecule has 2 aromatic rings. The third-order valence-electron chi connectivity index (χ3n) is 5.16. The minimum atomic E-state index is 0.0335. The Kier molecular flexibility index (Phi) is 4.27. The van der Waals surface area contributed by atoms with Crippen molar-refractivity contribution in [2.45, 2.75) is 57.2 Å². The molecule has 1 saturated carbocycles. The molecule has 2 aliphatic rings. The van der Waals surface area contributed by atoms with E-state index in [2.05, 4.69) is 27.3 Å². The van der Waals surface area contributed by atoms with Crippen LogP contribution in [0.5, 0.6) is 0 Å². The van der Waals surface area contributed by atoms with E-state index in [1.165, 1.54) is 32.1 Å². The number of hydrogen-bond donors (Lipinski definition) is 1. The highest BCUT2D eigenvalue weighted by molar-refractivity contribution is 7.80. The predicted octanol–water partition coefficient (Wildman–Crippen LogP) is 4.29. The summed E-state index contributed by atoms with van der Waals surface area (Å²) < 4.78 is 6.02. The fraction of sp³-hybridized carbons (Fsp3) is 0.474. The van der Waals surface area contributed by atoms with E-state index in [1.54, 1.807) is 0 Å². The smallest absolute Gasteiger partial charge is 0.170 e. The van der Waals surface area contributed by atoms with Gasteiger partial charge in [0.1, 0.15) is 17.6 Å². The van der Waals surface area contributed by atoms with Gasteiger partial charge in [0.2, 0.25) is 0 Å². The van der Waals surface area contributed by atoms with Crippen molar-refractivity contribution in [3.05, 3.63) is 53.7 Å². The summed E-state index contributed by atoms with van der Waals surface area (Å²) in [7, 11) is 0. The largest absolute Gasteiger partial charge is 0.464 e. The van der Waals surface area contributed by atoms with E-state index >= 15 is 0 Å². The predicted molar refractivity (Wildman–Crippen MR) is 97.6 cm³/mol. The number of aromatic nitrogens is 1. The molecular formula is C19H23N3OS. The summed E-state index contributed by atoms with van der Waals surface area (Å²) in [4.78, 5) is 6.95. The molecule has 3 heterocycles. The Hall–Kier alpha value is -1.88. The van der Waals surface area contributed by atoms with Crippen LogP contribution in [0.1, 0.15) is 61.4 Å². The topological polar surface area (TPSA) is 41.3 Å². The van der Waals surface area contributed by atoms with Crippen molar-refractivity contribution in [2.75, 3.05) is 0 Å². The molecule has 2 atom stereocenters. The van der Waals surface area contributed by atoms with Crippen LogP contribution in [-0.2, 0) is 0 Å². The Morgan fingerprint density at radius 1 is 1.17 bits per heavy atom. The minimum absolute atomic E-state index is 0.0335. The lowest BCUT2D eigenvalue weighted by Gasteiger charge is -2.36. The average Bonchev–Trinajstić information content (AvgIpc) is 3.19. The van der Waals surface area contributed by atoms with Crippen LogP contribution in [0.4, 0.5) is 0 Å². The molecule has 4 nitrogen and oxygen atoms in total. The first-order valence-electron chi connectivity index (χ1n) is 8.80. The Morgan fingerprint density at radius 3 is 2.67 bits per heavy atom. The lowest BCUT2D eigenvalue weighted by molar-refractivity contribution is 0.177. The SMILES string of the molecule is Cc1ccc([C@@H]2[C@H](c3ccccn3)NC(=S)N2C2CCCCC2)o1. The summed E-state index contributed by atoms with van der Waals surface area (Å²) in [5.74, 6) is 1.91. The summed E-state index contributed by atoms with van der Waals surface area (Å²) in [6.45, 7) is 1.99. The molecule has 1 aliphatic heterocycles. The molecule has 24 heavy (non-hydrogen) atoms. The minimum Gasteiger partial charge on any atom is -0.464 e. The highest BCUT2D eigenvalue weighted by Crippen LogP contribution is 2.42.